The number of carbonyl (C=O) groups excluding carboxylic acids is 3. The standard InChI is InChI=1S/C27H36O7/c1-15(2)19-8-10-26-13-21-20(23(33-17(4)29)6-7-24(21)34-18(5)30)12-25(26)27(31,11-9-22(19)26)14-32-16(3)28/h6-7,15,19,22,25,31H,8-14H2,1-5H3. The van der Waals surface area contributed by atoms with Gasteiger partial charge in [-0.05, 0) is 73.8 Å². The second kappa shape index (κ2) is 8.99. The van der Waals surface area contributed by atoms with Crippen LogP contribution in [-0.2, 0) is 32.0 Å². The Balaban J connectivity index is 1.86. The van der Waals surface area contributed by atoms with Gasteiger partial charge in [-0.3, -0.25) is 14.4 Å². The number of benzene rings is 1. The summed E-state index contributed by atoms with van der Waals surface area (Å²) in [6, 6.07) is 3.36. The largest absolute Gasteiger partial charge is 0.463 e. The Hall–Kier alpha value is -2.41. The quantitative estimate of drug-likeness (QED) is 0.511. The number of esters is 3. The highest BCUT2D eigenvalue weighted by Crippen LogP contribution is 2.66. The van der Waals surface area contributed by atoms with Crippen molar-refractivity contribution in [1.82, 2.24) is 0 Å². The minimum atomic E-state index is -1.17. The molecule has 1 aromatic rings. The van der Waals surface area contributed by atoms with Crippen LogP contribution < -0.4 is 9.47 Å². The molecule has 34 heavy (non-hydrogen) atoms. The topological polar surface area (TPSA) is 99.1 Å². The molecular formula is C27H36O7. The van der Waals surface area contributed by atoms with Gasteiger partial charge in [0.1, 0.15) is 23.7 Å². The molecule has 1 N–H and O–H groups in total. The van der Waals surface area contributed by atoms with E-state index in [0.717, 1.165) is 30.4 Å². The minimum absolute atomic E-state index is 0.0459. The maximum atomic E-state index is 11.9. The van der Waals surface area contributed by atoms with Crippen molar-refractivity contribution in [2.75, 3.05) is 6.61 Å². The molecule has 186 valence electrons. The van der Waals surface area contributed by atoms with Crippen LogP contribution in [0.4, 0.5) is 0 Å². The van der Waals surface area contributed by atoms with Gasteiger partial charge in [-0.15, -0.1) is 0 Å². The van der Waals surface area contributed by atoms with Crippen molar-refractivity contribution < 1.29 is 33.7 Å². The van der Waals surface area contributed by atoms with Crippen LogP contribution in [0.5, 0.6) is 11.5 Å². The van der Waals surface area contributed by atoms with Crippen molar-refractivity contribution in [2.45, 2.75) is 78.7 Å². The van der Waals surface area contributed by atoms with Crippen molar-refractivity contribution >= 4 is 17.9 Å². The molecule has 3 aliphatic rings. The highest BCUT2D eigenvalue weighted by molar-refractivity contribution is 5.73. The molecule has 2 saturated carbocycles. The molecule has 0 aliphatic heterocycles. The monoisotopic (exact) mass is 472 g/mol. The molecule has 2 fully saturated rings. The molecule has 7 heteroatoms. The third-order valence-electron chi connectivity index (χ3n) is 8.58. The van der Waals surface area contributed by atoms with E-state index in [0.29, 0.717) is 48.5 Å². The summed E-state index contributed by atoms with van der Waals surface area (Å²) in [5.74, 6) is 0.977. The number of ether oxygens (including phenoxy) is 3. The van der Waals surface area contributed by atoms with E-state index in [1.807, 2.05) is 0 Å². The molecule has 7 nitrogen and oxygen atoms in total. The molecule has 1 aromatic carbocycles. The van der Waals surface area contributed by atoms with Crippen LogP contribution >= 0.6 is 0 Å². The lowest BCUT2D eigenvalue weighted by molar-refractivity contribution is -0.181. The van der Waals surface area contributed by atoms with E-state index >= 15 is 0 Å². The summed E-state index contributed by atoms with van der Waals surface area (Å²) in [6.45, 7) is 8.57. The minimum Gasteiger partial charge on any atom is -0.463 e. The Morgan fingerprint density at radius 2 is 1.59 bits per heavy atom. The van der Waals surface area contributed by atoms with Crippen molar-refractivity contribution in [2.24, 2.45) is 29.1 Å². The van der Waals surface area contributed by atoms with E-state index in [2.05, 4.69) is 13.8 Å². The first-order chi connectivity index (χ1) is 16.0. The van der Waals surface area contributed by atoms with E-state index in [-0.39, 0.29) is 17.9 Å². The van der Waals surface area contributed by atoms with Crippen molar-refractivity contribution in [3.8, 4) is 11.5 Å². The van der Waals surface area contributed by atoms with Gasteiger partial charge in [0.2, 0.25) is 0 Å². The SMILES string of the molecule is CC(=O)OCC1(O)CCC2C(C(C)C)CCC23Cc2c(OC(C)=O)ccc(OC(C)=O)c2CC13. The third-order valence-corrected chi connectivity index (χ3v) is 8.58. The number of fused-ring (bicyclic) bond motifs is 1. The van der Waals surface area contributed by atoms with Gasteiger partial charge in [0.05, 0.1) is 0 Å². The van der Waals surface area contributed by atoms with Gasteiger partial charge in [0.25, 0.3) is 0 Å². The number of rotatable bonds is 5. The first-order valence-electron chi connectivity index (χ1n) is 12.3. The summed E-state index contributed by atoms with van der Waals surface area (Å²) in [5.41, 5.74) is 0.297. The predicted molar refractivity (Wildman–Crippen MR) is 124 cm³/mol. The van der Waals surface area contributed by atoms with Gasteiger partial charge < -0.3 is 19.3 Å². The zero-order valence-corrected chi connectivity index (χ0v) is 20.8. The summed E-state index contributed by atoms with van der Waals surface area (Å²) in [7, 11) is 0. The summed E-state index contributed by atoms with van der Waals surface area (Å²) in [6.07, 6.45) is 4.53. The van der Waals surface area contributed by atoms with Gasteiger partial charge in [-0.25, -0.2) is 0 Å². The highest BCUT2D eigenvalue weighted by atomic mass is 16.5. The zero-order valence-electron chi connectivity index (χ0n) is 20.8. The Labute approximate surface area is 201 Å². The zero-order chi connectivity index (χ0) is 24.8. The maximum Gasteiger partial charge on any atom is 0.308 e. The molecule has 3 aliphatic carbocycles. The van der Waals surface area contributed by atoms with Gasteiger partial charge in [0, 0.05) is 37.8 Å². The normalized spacial score (nSPS) is 31.8. The predicted octanol–water partition coefficient (Wildman–Crippen LogP) is 4.01. The molecule has 4 rings (SSSR count). The summed E-state index contributed by atoms with van der Waals surface area (Å²) in [5, 5.41) is 11.9. The fourth-order valence-electron chi connectivity index (χ4n) is 7.33. The van der Waals surface area contributed by atoms with Crippen molar-refractivity contribution in [1.29, 1.82) is 0 Å². The second-order valence-corrected chi connectivity index (χ2v) is 10.8. The lowest BCUT2D eigenvalue weighted by atomic mass is 9.49. The number of aliphatic hydroxyl groups is 1. The molecule has 5 atom stereocenters. The second-order valence-electron chi connectivity index (χ2n) is 10.8. The summed E-state index contributed by atoms with van der Waals surface area (Å²) in [4.78, 5) is 35.3. The average molecular weight is 473 g/mol. The molecular weight excluding hydrogens is 436 g/mol. The number of hydrogen-bond acceptors (Lipinski definition) is 7. The van der Waals surface area contributed by atoms with Crippen LogP contribution in [0, 0.1) is 29.1 Å². The molecule has 0 heterocycles. The fraction of sp³-hybridized carbons (Fsp3) is 0.667. The van der Waals surface area contributed by atoms with E-state index in [1.54, 1.807) is 12.1 Å². The van der Waals surface area contributed by atoms with Crippen LogP contribution in [0.15, 0.2) is 12.1 Å². The molecule has 0 aromatic heterocycles. The molecule has 0 radical (unpaired) electrons. The van der Waals surface area contributed by atoms with Crippen LogP contribution in [0.3, 0.4) is 0 Å². The summed E-state index contributed by atoms with van der Waals surface area (Å²) >= 11 is 0. The van der Waals surface area contributed by atoms with Crippen LogP contribution in [-0.4, -0.2) is 35.2 Å². The molecule has 0 bridgehead atoms. The van der Waals surface area contributed by atoms with Crippen molar-refractivity contribution in [3.63, 3.8) is 0 Å². The van der Waals surface area contributed by atoms with E-state index in [4.69, 9.17) is 14.2 Å². The van der Waals surface area contributed by atoms with Crippen LogP contribution in [0.1, 0.15) is 71.4 Å². The first-order valence-corrected chi connectivity index (χ1v) is 12.3. The number of hydrogen-bond donors (Lipinski definition) is 1. The number of carbonyl (C=O) groups is 3. The van der Waals surface area contributed by atoms with Gasteiger partial charge in [-0.2, -0.15) is 0 Å². The molecule has 1 spiro atoms. The molecule has 5 unspecified atom stereocenters. The Morgan fingerprint density at radius 3 is 2.15 bits per heavy atom. The Kier molecular flexibility index (Phi) is 6.53. The first kappa shape index (κ1) is 24.7. The van der Waals surface area contributed by atoms with Crippen LogP contribution in [0.2, 0.25) is 0 Å². The van der Waals surface area contributed by atoms with Crippen molar-refractivity contribution in [3.05, 3.63) is 23.3 Å². The highest BCUT2D eigenvalue weighted by Gasteiger charge is 2.63. The average Bonchev–Trinajstić information content (AvgIpc) is 3.11. The smallest absolute Gasteiger partial charge is 0.308 e. The third kappa shape index (κ3) is 4.23. The Bertz CT molecular complexity index is 999. The van der Waals surface area contributed by atoms with E-state index in [1.165, 1.54) is 20.8 Å². The molecule has 0 amide bonds. The Morgan fingerprint density at radius 1 is 0.971 bits per heavy atom. The van der Waals surface area contributed by atoms with Gasteiger partial charge >= 0.3 is 17.9 Å². The maximum absolute atomic E-state index is 11.9. The van der Waals surface area contributed by atoms with Gasteiger partial charge in [0.15, 0.2) is 0 Å². The van der Waals surface area contributed by atoms with E-state index in [9.17, 15) is 19.5 Å². The fourth-order valence-corrected chi connectivity index (χ4v) is 7.33. The van der Waals surface area contributed by atoms with Crippen LogP contribution in [0.25, 0.3) is 0 Å². The summed E-state index contributed by atoms with van der Waals surface area (Å²) < 4.78 is 16.5. The molecule has 0 saturated heterocycles. The van der Waals surface area contributed by atoms with Gasteiger partial charge in [-0.1, -0.05) is 13.8 Å². The lowest BCUT2D eigenvalue weighted by Crippen LogP contribution is -2.60. The van der Waals surface area contributed by atoms with E-state index < -0.39 is 23.5 Å². The lowest BCUT2D eigenvalue weighted by Gasteiger charge is -2.57.